The zero-order chi connectivity index (χ0) is 41.7. The number of amides is 1. The van der Waals surface area contributed by atoms with Gasteiger partial charge in [0.15, 0.2) is 0 Å². The molecule has 4 N–H and O–H groups in total. The molecule has 5 aromatic carbocycles. The van der Waals surface area contributed by atoms with Gasteiger partial charge in [0.1, 0.15) is 17.4 Å². The van der Waals surface area contributed by atoms with E-state index in [1.165, 1.54) is 11.6 Å². The summed E-state index contributed by atoms with van der Waals surface area (Å²) in [7, 11) is 0. The predicted octanol–water partition coefficient (Wildman–Crippen LogP) is 8.01. The first kappa shape index (κ1) is 42.2. The summed E-state index contributed by atoms with van der Waals surface area (Å²) in [5, 5.41) is 17.6. The zero-order valence-corrected chi connectivity index (χ0v) is 34.3. The number of halogens is 1. The quantitative estimate of drug-likeness (QED) is 0.0507. The molecule has 0 spiro atoms. The second-order valence-electron chi connectivity index (χ2n) is 15.3. The van der Waals surface area contributed by atoms with Gasteiger partial charge >= 0.3 is 5.97 Å². The number of ether oxygens (including phenoxy) is 2. The number of aromatic amines is 1. The van der Waals surface area contributed by atoms with Gasteiger partial charge in [-0.3, -0.25) is 19.3 Å². The Morgan fingerprint density at radius 2 is 1.60 bits per heavy atom. The monoisotopic (exact) mass is 826 g/mol. The Hall–Kier alpha value is -5.94. The van der Waals surface area contributed by atoms with Crippen molar-refractivity contribution < 1.29 is 24.2 Å². The number of nitrogens with one attached hydrogen (secondary N) is 3. The molecule has 0 bridgehead atoms. The van der Waals surface area contributed by atoms with Crippen LogP contribution in [0, 0.1) is 5.92 Å². The number of piperidine rings is 1. The lowest BCUT2D eigenvalue weighted by atomic mass is 9.91. The van der Waals surface area contributed by atoms with Gasteiger partial charge in [0.05, 0.1) is 29.3 Å². The van der Waals surface area contributed by atoms with Gasteiger partial charge in [0.2, 0.25) is 5.56 Å². The van der Waals surface area contributed by atoms with Crippen LogP contribution in [0.15, 0.2) is 132 Å². The average molecular weight is 827 g/mol. The van der Waals surface area contributed by atoms with Crippen LogP contribution in [0.2, 0.25) is 5.02 Å². The molecule has 1 fully saturated rings. The average Bonchev–Trinajstić information content (AvgIpc) is 3.26. The molecule has 2 heterocycles. The number of likely N-dealkylation sites (tertiary alicyclic amines) is 1. The van der Waals surface area contributed by atoms with Gasteiger partial charge in [-0.05, 0) is 115 Å². The Kier molecular flexibility index (Phi) is 14.7. The van der Waals surface area contributed by atoms with E-state index in [4.69, 9.17) is 21.1 Å². The summed E-state index contributed by atoms with van der Waals surface area (Å²) < 4.78 is 12.1. The normalized spacial score (nSPS) is 13.8. The number of phenols is 1. The van der Waals surface area contributed by atoms with E-state index < -0.39 is 5.92 Å². The van der Waals surface area contributed by atoms with E-state index in [2.05, 4.69) is 44.8 Å². The minimum Gasteiger partial charge on any atom is -0.506 e. The lowest BCUT2D eigenvalue weighted by molar-refractivity contribution is -0.146. The number of aromatic hydroxyl groups is 1. The minimum atomic E-state index is -0.584. The number of H-pyrrole nitrogens is 1. The number of carbonyl (C=O) groups is 2. The molecular weight excluding hydrogens is 776 g/mol. The third-order valence-corrected chi connectivity index (χ3v) is 11.3. The molecule has 6 aromatic rings. The van der Waals surface area contributed by atoms with Crippen LogP contribution in [0.3, 0.4) is 0 Å². The Labute approximate surface area is 355 Å². The van der Waals surface area contributed by atoms with Crippen molar-refractivity contribution in [1.82, 2.24) is 20.5 Å². The highest BCUT2D eigenvalue weighted by atomic mass is 35.5. The highest BCUT2D eigenvalue weighted by molar-refractivity contribution is 6.33. The van der Waals surface area contributed by atoms with Gasteiger partial charge in [-0.25, -0.2) is 0 Å². The van der Waals surface area contributed by atoms with E-state index in [1.807, 2.05) is 72.8 Å². The molecule has 10 nitrogen and oxygen atoms in total. The molecule has 0 radical (unpaired) electrons. The molecule has 1 atom stereocenters. The molecule has 0 aliphatic carbocycles. The summed E-state index contributed by atoms with van der Waals surface area (Å²) in [6.45, 7) is 5.28. The van der Waals surface area contributed by atoms with Crippen LogP contribution in [0.1, 0.15) is 63.4 Å². The van der Waals surface area contributed by atoms with Crippen LogP contribution in [-0.4, -0.2) is 66.3 Å². The highest BCUT2D eigenvalue weighted by Crippen LogP contribution is 2.30. The summed E-state index contributed by atoms with van der Waals surface area (Å²) in [5.74, 6) is -0.106. The summed E-state index contributed by atoms with van der Waals surface area (Å²) >= 11 is 6.54. The fourth-order valence-electron chi connectivity index (χ4n) is 7.71. The summed E-state index contributed by atoms with van der Waals surface area (Å²) in [6, 6.07) is 39.8. The van der Waals surface area contributed by atoms with E-state index in [-0.39, 0.29) is 23.2 Å². The van der Waals surface area contributed by atoms with Crippen molar-refractivity contribution in [2.45, 2.75) is 44.7 Å². The van der Waals surface area contributed by atoms with Crippen molar-refractivity contribution in [1.29, 1.82) is 0 Å². The number of hydrogen-bond donors (Lipinski definition) is 4. The molecule has 1 unspecified atom stereocenters. The standard InChI is InChI=1S/C49H51ClN4O6/c50-43-29-36(31-51-25-21-37-16-19-44(55)47-41(37)18-20-45(56)53-47)15-17-42(43)48(57)52-24-8-28-59-40-14-7-13-39(30-40)46(38-11-5-2-6-12-38)49(58)60-33-35-22-26-54(27-23-35)32-34-9-3-1-4-10-34/h1-7,9-20,29-30,35,46,51,55H,8,21-28,31-33H2,(H,52,57)(H,53,56). The van der Waals surface area contributed by atoms with Crippen LogP contribution in [-0.2, 0) is 29.0 Å². The lowest BCUT2D eigenvalue weighted by Crippen LogP contribution is -2.35. The highest BCUT2D eigenvalue weighted by Gasteiger charge is 2.27. The van der Waals surface area contributed by atoms with Crippen molar-refractivity contribution in [2.24, 2.45) is 5.92 Å². The molecule has 1 amide bonds. The first-order valence-electron chi connectivity index (χ1n) is 20.6. The Balaban J connectivity index is 0.845. The van der Waals surface area contributed by atoms with Crippen LogP contribution in [0.25, 0.3) is 10.9 Å². The number of fused-ring (bicyclic) bond motifs is 1. The van der Waals surface area contributed by atoms with E-state index in [1.54, 1.807) is 24.3 Å². The fourth-order valence-corrected chi connectivity index (χ4v) is 8.00. The number of nitrogens with zero attached hydrogens (tertiary/aromatic N) is 1. The van der Waals surface area contributed by atoms with E-state index >= 15 is 0 Å². The number of esters is 1. The van der Waals surface area contributed by atoms with E-state index in [0.29, 0.717) is 73.5 Å². The number of rotatable bonds is 18. The van der Waals surface area contributed by atoms with Crippen LogP contribution >= 0.6 is 11.6 Å². The Morgan fingerprint density at radius 1 is 0.833 bits per heavy atom. The molecule has 310 valence electrons. The second kappa shape index (κ2) is 20.8. The number of aromatic nitrogens is 1. The first-order valence-corrected chi connectivity index (χ1v) is 21.0. The van der Waals surface area contributed by atoms with Crippen LogP contribution in [0.5, 0.6) is 11.5 Å². The fraction of sp³-hybridized carbons (Fsp3) is 0.286. The van der Waals surface area contributed by atoms with E-state index in [9.17, 15) is 19.5 Å². The zero-order valence-electron chi connectivity index (χ0n) is 33.6. The summed E-state index contributed by atoms with van der Waals surface area (Å²) in [6.07, 6.45) is 3.24. The minimum absolute atomic E-state index is 0.0405. The van der Waals surface area contributed by atoms with Gasteiger partial charge in [0, 0.05) is 31.1 Å². The molecule has 1 aliphatic heterocycles. The van der Waals surface area contributed by atoms with Crippen molar-refractivity contribution in [3.63, 3.8) is 0 Å². The molecule has 1 aliphatic rings. The SMILES string of the molecule is O=C(NCCCOc1cccc(C(C(=O)OCC2CCN(Cc3ccccc3)CC2)c2ccccc2)c1)c1ccc(CNCCc2ccc(O)c3[nH]c(=O)ccc23)cc1Cl. The topological polar surface area (TPSA) is 133 Å². The van der Waals surface area contributed by atoms with Gasteiger partial charge in [-0.2, -0.15) is 0 Å². The van der Waals surface area contributed by atoms with Crippen molar-refractivity contribution in [2.75, 3.05) is 39.4 Å². The summed E-state index contributed by atoms with van der Waals surface area (Å²) in [4.78, 5) is 43.6. The maximum atomic E-state index is 13.7. The predicted molar refractivity (Wildman–Crippen MR) is 236 cm³/mol. The van der Waals surface area contributed by atoms with Gasteiger partial charge in [-0.15, -0.1) is 0 Å². The summed E-state index contributed by atoms with van der Waals surface area (Å²) in [5.41, 5.74) is 5.48. The van der Waals surface area contributed by atoms with Crippen LogP contribution in [0.4, 0.5) is 0 Å². The smallest absolute Gasteiger partial charge is 0.317 e. The number of carbonyl (C=O) groups excluding carboxylic acids is 2. The Morgan fingerprint density at radius 3 is 2.38 bits per heavy atom. The van der Waals surface area contributed by atoms with Crippen molar-refractivity contribution >= 4 is 34.4 Å². The number of benzene rings is 5. The molecule has 60 heavy (non-hydrogen) atoms. The van der Waals surface area contributed by atoms with Crippen molar-refractivity contribution in [3.05, 3.63) is 176 Å². The van der Waals surface area contributed by atoms with Gasteiger partial charge < -0.3 is 30.2 Å². The lowest BCUT2D eigenvalue weighted by Gasteiger charge is -2.32. The van der Waals surface area contributed by atoms with Gasteiger partial charge in [0.25, 0.3) is 5.91 Å². The third-order valence-electron chi connectivity index (χ3n) is 11.0. The second-order valence-corrected chi connectivity index (χ2v) is 15.7. The molecule has 11 heteroatoms. The maximum absolute atomic E-state index is 13.7. The molecule has 7 rings (SSSR count). The van der Waals surface area contributed by atoms with Gasteiger partial charge in [-0.1, -0.05) is 96.5 Å². The molecule has 1 aromatic heterocycles. The maximum Gasteiger partial charge on any atom is 0.317 e. The molecule has 1 saturated heterocycles. The third kappa shape index (κ3) is 11.4. The Bertz CT molecular complexity index is 2420. The van der Waals surface area contributed by atoms with E-state index in [0.717, 1.165) is 60.1 Å². The number of phenolic OH excluding ortho intramolecular Hbond substituents is 1. The number of pyridine rings is 1. The first-order chi connectivity index (χ1) is 29.3. The molecule has 0 saturated carbocycles. The van der Waals surface area contributed by atoms with Crippen LogP contribution < -0.4 is 20.9 Å². The van der Waals surface area contributed by atoms with Crippen molar-refractivity contribution in [3.8, 4) is 11.5 Å². The number of hydrogen-bond acceptors (Lipinski definition) is 8. The largest absolute Gasteiger partial charge is 0.506 e. The molecular formula is C49H51ClN4O6.